The number of carbonyl (C=O) groups is 2. The molecule has 1 saturated carbocycles. The molecular weight excluding hydrogens is 472 g/mol. The van der Waals surface area contributed by atoms with Crippen LogP contribution in [0.3, 0.4) is 0 Å². The molecule has 2 unspecified atom stereocenters. The molecule has 0 bridgehead atoms. The molecular formula is C28H32N4O5. The van der Waals surface area contributed by atoms with E-state index in [2.05, 4.69) is 16.7 Å². The van der Waals surface area contributed by atoms with E-state index in [-0.39, 0.29) is 17.9 Å². The highest BCUT2D eigenvalue weighted by Crippen LogP contribution is 2.27. The Morgan fingerprint density at radius 1 is 1.16 bits per heavy atom. The van der Waals surface area contributed by atoms with Crippen molar-refractivity contribution < 1.29 is 18.7 Å². The third kappa shape index (κ3) is 6.39. The van der Waals surface area contributed by atoms with Crippen LogP contribution < -0.4 is 16.4 Å². The first kappa shape index (κ1) is 26.0. The zero-order valence-corrected chi connectivity index (χ0v) is 21.5. The van der Waals surface area contributed by atoms with Crippen molar-refractivity contribution in [2.24, 2.45) is 13.0 Å². The van der Waals surface area contributed by atoms with Crippen LogP contribution in [0.15, 0.2) is 51.7 Å². The lowest BCUT2D eigenvalue weighted by Gasteiger charge is -2.22. The van der Waals surface area contributed by atoms with Crippen LogP contribution in [0.1, 0.15) is 45.6 Å². The van der Waals surface area contributed by atoms with Gasteiger partial charge in [-0.25, -0.2) is 9.59 Å². The molecule has 2 aromatic carbocycles. The van der Waals surface area contributed by atoms with Gasteiger partial charge >= 0.3 is 11.8 Å². The Labute approximate surface area is 215 Å². The number of fused-ring (bicyclic) bond motifs is 1. The predicted octanol–water partition coefficient (Wildman–Crippen LogP) is 4.04. The van der Waals surface area contributed by atoms with Crippen molar-refractivity contribution in [3.05, 3.63) is 58.6 Å². The van der Waals surface area contributed by atoms with Gasteiger partial charge in [0, 0.05) is 25.4 Å². The molecule has 194 valence electrons. The highest BCUT2D eigenvalue weighted by Gasteiger charge is 2.32. The van der Waals surface area contributed by atoms with Gasteiger partial charge in [-0.1, -0.05) is 30.3 Å². The molecule has 3 aromatic rings. The van der Waals surface area contributed by atoms with Gasteiger partial charge in [-0.3, -0.25) is 9.36 Å². The Hall–Kier alpha value is -4.06. The number of aryl methyl sites for hydroxylation is 1. The first-order valence-corrected chi connectivity index (χ1v) is 12.4. The molecule has 0 radical (unpaired) electrons. The van der Waals surface area contributed by atoms with Gasteiger partial charge in [0.25, 0.3) is 0 Å². The number of alkyl carbamates (subject to hydrolysis) is 1. The Morgan fingerprint density at radius 2 is 1.86 bits per heavy atom. The lowest BCUT2D eigenvalue weighted by molar-refractivity contribution is -0.125. The Bertz CT molecular complexity index is 1390. The van der Waals surface area contributed by atoms with Crippen molar-refractivity contribution in [3.63, 3.8) is 0 Å². The number of nitrogens with one attached hydrogen (secondary N) is 2. The van der Waals surface area contributed by atoms with E-state index >= 15 is 0 Å². The van der Waals surface area contributed by atoms with Crippen LogP contribution in [-0.2, 0) is 23.0 Å². The van der Waals surface area contributed by atoms with E-state index in [1.54, 1.807) is 33.9 Å². The molecule has 3 atom stereocenters. The van der Waals surface area contributed by atoms with Crippen LogP contribution in [0.25, 0.3) is 22.2 Å². The fourth-order valence-electron chi connectivity index (χ4n) is 4.62. The number of hydrogen-bond acceptors (Lipinski definition) is 6. The number of nitriles is 1. The average Bonchev–Trinajstić information content (AvgIpc) is 3.41. The predicted molar refractivity (Wildman–Crippen MR) is 139 cm³/mol. The number of ether oxygens (including phenoxy) is 1. The van der Waals surface area contributed by atoms with E-state index in [9.17, 15) is 19.6 Å². The second kappa shape index (κ2) is 10.5. The van der Waals surface area contributed by atoms with Crippen LogP contribution in [0.2, 0.25) is 0 Å². The summed E-state index contributed by atoms with van der Waals surface area (Å²) in [7, 11) is 1.67. The number of rotatable bonds is 6. The number of carbonyl (C=O) groups excluding carboxylic acids is 2. The average molecular weight is 505 g/mol. The molecule has 9 nitrogen and oxygen atoms in total. The summed E-state index contributed by atoms with van der Waals surface area (Å²) < 4.78 is 12.0. The summed E-state index contributed by atoms with van der Waals surface area (Å²) in [4.78, 5) is 36.6. The van der Waals surface area contributed by atoms with Gasteiger partial charge < -0.3 is 19.8 Å². The van der Waals surface area contributed by atoms with Gasteiger partial charge in [0.15, 0.2) is 5.58 Å². The Balaban J connectivity index is 1.33. The van der Waals surface area contributed by atoms with Crippen molar-refractivity contribution >= 4 is 23.1 Å². The smallest absolute Gasteiger partial charge is 0.419 e. The molecule has 1 aliphatic rings. The maximum atomic E-state index is 12.8. The molecule has 0 aliphatic heterocycles. The first-order valence-electron chi connectivity index (χ1n) is 12.4. The lowest BCUT2D eigenvalue weighted by Crippen LogP contribution is -2.40. The molecule has 9 heteroatoms. The van der Waals surface area contributed by atoms with Crippen molar-refractivity contribution in [2.45, 2.75) is 64.1 Å². The zero-order valence-electron chi connectivity index (χ0n) is 21.5. The maximum absolute atomic E-state index is 12.8. The van der Waals surface area contributed by atoms with Gasteiger partial charge in [0.1, 0.15) is 11.6 Å². The number of benzene rings is 2. The van der Waals surface area contributed by atoms with Gasteiger partial charge in [0.05, 0.1) is 11.6 Å². The van der Waals surface area contributed by atoms with E-state index in [4.69, 9.17) is 9.15 Å². The molecule has 1 heterocycles. The summed E-state index contributed by atoms with van der Waals surface area (Å²) in [5.41, 5.74) is 3.50. The number of aromatic nitrogens is 1. The number of oxazole rings is 1. The second-order valence-electron chi connectivity index (χ2n) is 10.6. The SMILES string of the molecule is Cn1c(=O)oc2ccc(-c3ccc(C[C@@H](C#N)NC(=O)C4CCC(NC(=O)OC(C)(C)C)C4)cc3)cc21. The van der Waals surface area contributed by atoms with E-state index in [0.29, 0.717) is 36.8 Å². The summed E-state index contributed by atoms with van der Waals surface area (Å²) in [5, 5.41) is 15.3. The van der Waals surface area contributed by atoms with Gasteiger partial charge in [0.2, 0.25) is 5.91 Å². The van der Waals surface area contributed by atoms with E-state index < -0.39 is 23.5 Å². The van der Waals surface area contributed by atoms with Crippen LogP contribution in [0.4, 0.5) is 4.79 Å². The standard InChI is InChI=1S/C28H32N4O5/c1-28(2,3)37-26(34)31-21-11-9-20(14-21)25(33)30-22(16-29)13-17-5-7-18(8-6-17)19-10-12-24-23(15-19)32(4)27(35)36-24/h5-8,10,12,15,20-22H,9,11,13-14H2,1-4H3,(H,30,33)(H,31,34)/t20?,21?,22-/m0/s1. The minimum atomic E-state index is -0.659. The van der Waals surface area contributed by atoms with Crippen molar-refractivity contribution in [2.75, 3.05) is 0 Å². The van der Waals surface area contributed by atoms with Crippen molar-refractivity contribution in [1.29, 1.82) is 5.26 Å². The van der Waals surface area contributed by atoms with Gasteiger partial charge in [-0.2, -0.15) is 5.26 Å². The molecule has 1 aliphatic carbocycles. The van der Waals surface area contributed by atoms with Crippen LogP contribution in [-0.4, -0.2) is 34.3 Å². The van der Waals surface area contributed by atoms with E-state index in [0.717, 1.165) is 16.7 Å². The largest absolute Gasteiger partial charge is 0.444 e. The third-order valence-electron chi connectivity index (χ3n) is 6.52. The zero-order chi connectivity index (χ0) is 26.7. The fraction of sp³-hybridized carbons (Fsp3) is 0.429. The summed E-state index contributed by atoms with van der Waals surface area (Å²) in [6, 6.07) is 14.7. The van der Waals surface area contributed by atoms with Crippen LogP contribution in [0.5, 0.6) is 0 Å². The topological polar surface area (TPSA) is 126 Å². The van der Waals surface area contributed by atoms with Crippen molar-refractivity contribution in [1.82, 2.24) is 15.2 Å². The lowest BCUT2D eigenvalue weighted by atomic mass is 10.00. The highest BCUT2D eigenvalue weighted by atomic mass is 16.6. The molecule has 2 amide bonds. The summed E-state index contributed by atoms with van der Waals surface area (Å²) in [5.74, 6) is -0.831. The number of nitrogens with zero attached hydrogens (tertiary/aromatic N) is 2. The minimum absolute atomic E-state index is 0.123. The normalized spacial score (nSPS) is 18.2. The summed E-state index contributed by atoms with van der Waals surface area (Å²) >= 11 is 0. The number of hydrogen-bond donors (Lipinski definition) is 2. The first-order chi connectivity index (χ1) is 17.5. The fourth-order valence-corrected chi connectivity index (χ4v) is 4.62. The highest BCUT2D eigenvalue weighted by molar-refractivity contribution is 5.81. The second-order valence-corrected chi connectivity index (χ2v) is 10.6. The van der Waals surface area contributed by atoms with Crippen molar-refractivity contribution in [3.8, 4) is 17.2 Å². The number of amides is 2. The van der Waals surface area contributed by atoms with Gasteiger partial charge in [-0.15, -0.1) is 0 Å². The summed E-state index contributed by atoms with van der Waals surface area (Å²) in [6.45, 7) is 5.41. The van der Waals surface area contributed by atoms with Gasteiger partial charge in [-0.05, 0) is 68.9 Å². The molecule has 37 heavy (non-hydrogen) atoms. The third-order valence-corrected chi connectivity index (χ3v) is 6.52. The molecule has 0 spiro atoms. The van der Waals surface area contributed by atoms with E-state index in [1.165, 1.54) is 4.57 Å². The van der Waals surface area contributed by atoms with Crippen LogP contribution >= 0.6 is 0 Å². The molecule has 2 N–H and O–H groups in total. The molecule has 1 fully saturated rings. The Kier molecular flexibility index (Phi) is 7.39. The quantitative estimate of drug-likeness (QED) is 0.522. The molecule has 0 saturated heterocycles. The Morgan fingerprint density at radius 3 is 2.54 bits per heavy atom. The van der Waals surface area contributed by atoms with Crippen LogP contribution in [0, 0.1) is 17.2 Å². The minimum Gasteiger partial charge on any atom is -0.444 e. The summed E-state index contributed by atoms with van der Waals surface area (Å²) in [6.07, 6.45) is 1.75. The molecule has 4 rings (SSSR count). The molecule has 1 aromatic heterocycles. The maximum Gasteiger partial charge on any atom is 0.419 e. The van der Waals surface area contributed by atoms with E-state index in [1.807, 2.05) is 36.4 Å². The monoisotopic (exact) mass is 504 g/mol.